The summed E-state index contributed by atoms with van der Waals surface area (Å²) in [5, 5.41) is 11.8. The maximum absolute atomic E-state index is 13.2. The van der Waals surface area contributed by atoms with Crippen LogP contribution in [0.25, 0.3) is 0 Å². The van der Waals surface area contributed by atoms with Gasteiger partial charge in [0, 0.05) is 0 Å². The molecular formula is C12H9FN2O. The number of rotatable bonds is 3. The normalized spacial score (nSPS) is 9.75. The molecule has 80 valence electrons. The van der Waals surface area contributed by atoms with Gasteiger partial charge in [0.05, 0.1) is 18.5 Å². The van der Waals surface area contributed by atoms with Gasteiger partial charge < -0.3 is 9.73 Å². The molecule has 0 radical (unpaired) electrons. The first-order chi connectivity index (χ1) is 7.81. The number of hydrogen-bond acceptors (Lipinski definition) is 3. The van der Waals surface area contributed by atoms with E-state index < -0.39 is 5.82 Å². The number of anilines is 1. The maximum Gasteiger partial charge on any atom is 0.143 e. The van der Waals surface area contributed by atoms with Crippen molar-refractivity contribution in [3.8, 4) is 6.07 Å². The molecule has 4 heteroatoms. The van der Waals surface area contributed by atoms with Gasteiger partial charge in [0.1, 0.15) is 23.2 Å². The van der Waals surface area contributed by atoms with E-state index in [4.69, 9.17) is 9.68 Å². The fourth-order valence-corrected chi connectivity index (χ4v) is 1.38. The van der Waals surface area contributed by atoms with Crippen molar-refractivity contribution in [1.82, 2.24) is 0 Å². The minimum atomic E-state index is -0.521. The van der Waals surface area contributed by atoms with Crippen LogP contribution in [0.1, 0.15) is 11.3 Å². The van der Waals surface area contributed by atoms with Crippen LogP contribution in [-0.2, 0) is 6.54 Å². The van der Waals surface area contributed by atoms with E-state index in [1.807, 2.05) is 6.07 Å². The average molecular weight is 216 g/mol. The highest BCUT2D eigenvalue weighted by Gasteiger charge is 2.07. The van der Waals surface area contributed by atoms with E-state index in [-0.39, 0.29) is 5.56 Å². The summed E-state index contributed by atoms with van der Waals surface area (Å²) >= 11 is 0. The standard InChI is InChI=1S/C12H9FN2O/c13-11-4-1-5-12(10(11)7-14)15-8-9-3-2-6-16-9/h1-6,15H,8H2. The summed E-state index contributed by atoms with van der Waals surface area (Å²) in [6.07, 6.45) is 1.56. The van der Waals surface area contributed by atoms with Crippen LogP contribution >= 0.6 is 0 Å². The Bertz CT molecular complexity index is 514. The number of nitrogens with zero attached hydrogens (tertiary/aromatic N) is 1. The zero-order valence-electron chi connectivity index (χ0n) is 8.40. The monoisotopic (exact) mass is 216 g/mol. The van der Waals surface area contributed by atoms with Crippen molar-refractivity contribution < 1.29 is 8.81 Å². The van der Waals surface area contributed by atoms with Crippen molar-refractivity contribution in [3.05, 3.63) is 53.7 Å². The summed E-state index contributed by atoms with van der Waals surface area (Å²) in [4.78, 5) is 0. The van der Waals surface area contributed by atoms with Crippen LogP contribution in [0, 0.1) is 17.1 Å². The third kappa shape index (κ3) is 2.04. The highest BCUT2D eigenvalue weighted by molar-refractivity contribution is 5.57. The first kappa shape index (κ1) is 10.2. The van der Waals surface area contributed by atoms with E-state index >= 15 is 0 Å². The van der Waals surface area contributed by atoms with Crippen LogP contribution in [0.5, 0.6) is 0 Å². The van der Waals surface area contributed by atoms with Crippen molar-refractivity contribution in [2.45, 2.75) is 6.54 Å². The number of benzene rings is 1. The summed E-state index contributed by atoms with van der Waals surface area (Å²) in [5.74, 6) is 0.208. The Morgan fingerprint density at radius 1 is 1.31 bits per heavy atom. The quantitative estimate of drug-likeness (QED) is 0.858. The van der Waals surface area contributed by atoms with Crippen LogP contribution < -0.4 is 5.32 Å². The molecule has 0 fully saturated rings. The predicted molar refractivity (Wildman–Crippen MR) is 57.1 cm³/mol. The molecule has 0 unspecified atom stereocenters. The minimum Gasteiger partial charge on any atom is -0.467 e. The highest BCUT2D eigenvalue weighted by Crippen LogP contribution is 2.18. The molecule has 0 amide bonds. The Morgan fingerprint density at radius 2 is 2.19 bits per heavy atom. The Hall–Kier alpha value is -2.28. The molecule has 0 aliphatic heterocycles. The largest absolute Gasteiger partial charge is 0.467 e. The molecule has 1 heterocycles. The topological polar surface area (TPSA) is 49.0 Å². The fourth-order valence-electron chi connectivity index (χ4n) is 1.38. The first-order valence-corrected chi connectivity index (χ1v) is 4.76. The summed E-state index contributed by atoms with van der Waals surface area (Å²) < 4.78 is 18.4. The minimum absolute atomic E-state index is 0.0223. The highest BCUT2D eigenvalue weighted by atomic mass is 19.1. The maximum atomic E-state index is 13.2. The van der Waals surface area contributed by atoms with Crippen LogP contribution in [0.4, 0.5) is 10.1 Å². The molecule has 0 aliphatic carbocycles. The van der Waals surface area contributed by atoms with Crippen molar-refractivity contribution in [1.29, 1.82) is 5.26 Å². The second-order valence-electron chi connectivity index (χ2n) is 3.21. The molecule has 0 aliphatic rings. The lowest BCUT2D eigenvalue weighted by Gasteiger charge is -2.06. The van der Waals surface area contributed by atoms with Gasteiger partial charge in [0.25, 0.3) is 0 Å². The van der Waals surface area contributed by atoms with Crippen molar-refractivity contribution in [2.24, 2.45) is 0 Å². The van der Waals surface area contributed by atoms with Gasteiger partial charge in [-0.3, -0.25) is 0 Å². The van der Waals surface area contributed by atoms with Gasteiger partial charge in [0.15, 0.2) is 0 Å². The van der Waals surface area contributed by atoms with E-state index in [1.165, 1.54) is 6.07 Å². The fraction of sp³-hybridized carbons (Fsp3) is 0.0833. The average Bonchev–Trinajstić information content (AvgIpc) is 2.79. The SMILES string of the molecule is N#Cc1c(F)cccc1NCc1ccco1. The number of halogens is 1. The first-order valence-electron chi connectivity index (χ1n) is 4.76. The number of furan rings is 1. The number of hydrogen-bond donors (Lipinski definition) is 1. The number of nitriles is 1. The molecule has 1 N–H and O–H groups in total. The summed E-state index contributed by atoms with van der Waals surface area (Å²) in [6.45, 7) is 0.422. The molecule has 0 saturated heterocycles. The summed E-state index contributed by atoms with van der Waals surface area (Å²) in [6, 6.07) is 9.88. The third-order valence-corrected chi connectivity index (χ3v) is 2.16. The molecule has 0 bridgehead atoms. The summed E-state index contributed by atoms with van der Waals surface area (Å²) in [7, 11) is 0. The van der Waals surface area contributed by atoms with Crippen molar-refractivity contribution >= 4 is 5.69 Å². The van der Waals surface area contributed by atoms with Gasteiger partial charge in [-0.25, -0.2) is 4.39 Å². The molecule has 1 aromatic heterocycles. The van der Waals surface area contributed by atoms with Gasteiger partial charge in [-0.2, -0.15) is 5.26 Å². The van der Waals surface area contributed by atoms with E-state index in [1.54, 1.807) is 30.5 Å². The summed E-state index contributed by atoms with van der Waals surface area (Å²) in [5.41, 5.74) is 0.493. The van der Waals surface area contributed by atoms with Gasteiger partial charge in [-0.05, 0) is 24.3 Å². The Morgan fingerprint density at radius 3 is 2.88 bits per heavy atom. The van der Waals surface area contributed by atoms with Crippen LogP contribution in [0.15, 0.2) is 41.0 Å². The van der Waals surface area contributed by atoms with E-state index in [2.05, 4.69) is 5.32 Å². The van der Waals surface area contributed by atoms with Gasteiger partial charge in [0.2, 0.25) is 0 Å². The smallest absolute Gasteiger partial charge is 0.143 e. The van der Waals surface area contributed by atoms with Gasteiger partial charge in [-0.15, -0.1) is 0 Å². The molecule has 0 spiro atoms. The number of nitrogens with one attached hydrogen (secondary N) is 1. The van der Waals surface area contributed by atoms with Gasteiger partial charge >= 0.3 is 0 Å². The zero-order valence-corrected chi connectivity index (χ0v) is 8.40. The van der Waals surface area contributed by atoms with E-state index in [9.17, 15) is 4.39 Å². The van der Waals surface area contributed by atoms with Crippen molar-refractivity contribution in [2.75, 3.05) is 5.32 Å². The molecule has 2 rings (SSSR count). The third-order valence-electron chi connectivity index (χ3n) is 2.16. The molecular weight excluding hydrogens is 207 g/mol. The van der Waals surface area contributed by atoms with Gasteiger partial charge in [-0.1, -0.05) is 6.07 Å². The molecule has 16 heavy (non-hydrogen) atoms. The lowest BCUT2D eigenvalue weighted by molar-refractivity contribution is 0.518. The second-order valence-corrected chi connectivity index (χ2v) is 3.21. The van der Waals surface area contributed by atoms with Crippen LogP contribution in [0.3, 0.4) is 0 Å². The van der Waals surface area contributed by atoms with Crippen molar-refractivity contribution in [3.63, 3.8) is 0 Å². The molecule has 0 saturated carbocycles. The molecule has 2 aromatic rings. The molecule has 1 aromatic carbocycles. The second kappa shape index (κ2) is 4.49. The van der Waals surface area contributed by atoms with E-state index in [0.29, 0.717) is 12.2 Å². The predicted octanol–water partition coefficient (Wildman–Crippen LogP) is 2.90. The van der Waals surface area contributed by atoms with Crippen LogP contribution in [0.2, 0.25) is 0 Å². The Kier molecular flexibility index (Phi) is 2.88. The molecule has 0 atom stereocenters. The Labute approximate surface area is 92.1 Å². The zero-order chi connectivity index (χ0) is 11.4. The lowest BCUT2D eigenvalue weighted by atomic mass is 10.2. The lowest BCUT2D eigenvalue weighted by Crippen LogP contribution is -2.01. The Balaban J connectivity index is 2.16. The van der Waals surface area contributed by atoms with E-state index in [0.717, 1.165) is 5.76 Å². The molecule has 3 nitrogen and oxygen atoms in total. The van der Waals surface area contributed by atoms with Crippen LogP contribution in [-0.4, -0.2) is 0 Å².